The van der Waals surface area contributed by atoms with Crippen LogP contribution < -0.4 is 5.43 Å². The Hall–Kier alpha value is -4.11. The van der Waals surface area contributed by atoms with E-state index in [9.17, 15) is 9.90 Å². The van der Waals surface area contributed by atoms with E-state index >= 15 is 0 Å². The molecule has 1 aromatic heterocycles. The number of benzene rings is 5. The van der Waals surface area contributed by atoms with Crippen LogP contribution in [0.1, 0.15) is 11.1 Å². The molecule has 5 aromatic carbocycles. The second-order valence-corrected chi connectivity index (χ2v) is 8.48. The molecule has 154 valence electrons. The van der Waals surface area contributed by atoms with Gasteiger partial charge in [-0.1, -0.05) is 30.3 Å². The van der Waals surface area contributed by atoms with E-state index in [1.165, 1.54) is 16.7 Å². The summed E-state index contributed by atoms with van der Waals surface area (Å²) in [4.78, 5) is 11.9. The van der Waals surface area contributed by atoms with E-state index in [2.05, 4.69) is 44.2 Å². The van der Waals surface area contributed by atoms with Gasteiger partial charge in [0.2, 0.25) is 0 Å². The van der Waals surface area contributed by atoms with Crippen LogP contribution in [0.2, 0.25) is 0 Å². The smallest absolute Gasteiger partial charge is 0.179 e. The van der Waals surface area contributed by atoms with Crippen molar-refractivity contribution in [2.45, 2.75) is 13.8 Å². The zero-order valence-electron chi connectivity index (χ0n) is 17.8. The van der Waals surface area contributed by atoms with Crippen molar-refractivity contribution < 1.29 is 9.52 Å². The minimum Gasteiger partial charge on any atom is -0.508 e. The van der Waals surface area contributed by atoms with Gasteiger partial charge in [-0.15, -0.1) is 0 Å². The molecule has 0 aliphatic heterocycles. The highest BCUT2D eigenvalue weighted by atomic mass is 16.3. The zero-order valence-corrected chi connectivity index (χ0v) is 17.8. The van der Waals surface area contributed by atoms with E-state index < -0.39 is 0 Å². The summed E-state index contributed by atoms with van der Waals surface area (Å²) in [7, 11) is 0. The van der Waals surface area contributed by atoms with Gasteiger partial charge >= 0.3 is 0 Å². The number of hydrogen-bond donors (Lipinski definition) is 1. The largest absolute Gasteiger partial charge is 0.508 e. The Kier molecular flexibility index (Phi) is 3.90. The zero-order chi connectivity index (χ0) is 22.0. The second-order valence-electron chi connectivity index (χ2n) is 8.48. The summed E-state index contributed by atoms with van der Waals surface area (Å²) >= 11 is 0. The van der Waals surface area contributed by atoms with Crippen molar-refractivity contribution in [3.05, 3.63) is 100 Å². The number of phenols is 1. The molecule has 3 heteroatoms. The second kappa shape index (κ2) is 6.69. The van der Waals surface area contributed by atoms with Gasteiger partial charge in [0.15, 0.2) is 5.43 Å². The Morgan fingerprint density at radius 3 is 1.88 bits per heavy atom. The third kappa shape index (κ3) is 2.78. The van der Waals surface area contributed by atoms with Crippen LogP contribution in [0.5, 0.6) is 5.75 Å². The van der Waals surface area contributed by atoms with Crippen molar-refractivity contribution in [1.29, 1.82) is 0 Å². The number of fused-ring (bicyclic) bond motifs is 4. The van der Waals surface area contributed by atoms with E-state index in [4.69, 9.17) is 4.42 Å². The first-order valence-electron chi connectivity index (χ1n) is 10.6. The van der Waals surface area contributed by atoms with Gasteiger partial charge in [-0.3, -0.25) is 4.79 Å². The monoisotopic (exact) mass is 416 g/mol. The van der Waals surface area contributed by atoms with Crippen molar-refractivity contribution in [2.75, 3.05) is 0 Å². The SMILES string of the molecule is Cc1cccc(C)c1-c1c2cc3ccc(O)cc3cc2oc2cc3cc(=O)ccc3cc12. The fourth-order valence-electron chi connectivity index (χ4n) is 4.82. The van der Waals surface area contributed by atoms with Crippen molar-refractivity contribution >= 4 is 43.5 Å². The molecule has 0 bridgehead atoms. The predicted molar refractivity (Wildman–Crippen MR) is 132 cm³/mol. The lowest BCUT2D eigenvalue weighted by Crippen LogP contribution is -1.95. The molecule has 0 aliphatic rings. The third-order valence-electron chi connectivity index (χ3n) is 6.32. The first-order chi connectivity index (χ1) is 15.5. The van der Waals surface area contributed by atoms with Gasteiger partial charge in [-0.2, -0.15) is 0 Å². The Morgan fingerprint density at radius 1 is 0.625 bits per heavy atom. The maximum Gasteiger partial charge on any atom is 0.179 e. The average molecular weight is 416 g/mol. The van der Waals surface area contributed by atoms with Gasteiger partial charge in [0.1, 0.15) is 16.9 Å². The van der Waals surface area contributed by atoms with E-state index in [1.807, 2.05) is 24.3 Å². The molecule has 0 saturated heterocycles. The van der Waals surface area contributed by atoms with E-state index in [-0.39, 0.29) is 11.2 Å². The summed E-state index contributed by atoms with van der Waals surface area (Å²) in [6, 6.07) is 25.0. The molecule has 3 nitrogen and oxygen atoms in total. The molecule has 0 spiro atoms. The Labute approximate surface area is 184 Å². The highest BCUT2D eigenvalue weighted by Crippen LogP contribution is 2.42. The highest BCUT2D eigenvalue weighted by molar-refractivity contribution is 6.14. The molecule has 6 aromatic rings. The van der Waals surface area contributed by atoms with Gasteiger partial charge in [0.05, 0.1) is 0 Å². The summed E-state index contributed by atoms with van der Waals surface area (Å²) in [6.07, 6.45) is 0. The predicted octanol–water partition coefficient (Wildman–Crippen LogP) is 7.24. The Balaban J connectivity index is 1.87. The van der Waals surface area contributed by atoms with Crippen molar-refractivity contribution in [1.82, 2.24) is 0 Å². The molecule has 1 N–H and O–H groups in total. The van der Waals surface area contributed by atoms with Crippen molar-refractivity contribution in [3.8, 4) is 16.9 Å². The van der Waals surface area contributed by atoms with Crippen LogP contribution >= 0.6 is 0 Å². The lowest BCUT2D eigenvalue weighted by atomic mass is 9.89. The molecule has 0 amide bonds. The molecule has 0 radical (unpaired) electrons. The van der Waals surface area contributed by atoms with Crippen LogP contribution in [0.4, 0.5) is 0 Å². The van der Waals surface area contributed by atoms with Crippen LogP contribution in [-0.2, 0) is 0 Å². The first kappa shape index (κ1) is 18.6. The molecule has 0 atom stereocenters. The van der Waals surface area contributed by atoms with Crippen LogP contribution in [-0.4, -0.2) is 5.11 Å². The Bertz CT molecular complexity index is 1750. The first-order valence-corrected chi connectivity index (χ1v) is 10.6. The standard InChI is InChI=1S/C29H20O3/c1-16-4-3-5-17(2)28(16)29-24-12-18-6-8-22(30)10-20(18)14-26(24)32-27-15-21-11-23(31)9-7-19(21)13-25(27)29/h3-15,30H,1-2H3. The number of aryl methyl sites for hydroxylation is 2. The molecule has 0 fully saturated rings. The van der Waals surface area contributed by atoms with Crippen molar-refractivity contribution in [2.24, 2.45) is 0 Å². The fourth-order valence-corrected chi connectivity index (χ4v) is 4.82. The van der Waals surface area contributed by atoms with E-state index in [1.54, 1.807) is 24.3 Å². The van der Waals surface area contributed by atoms with Crippen molar-refractivity contribution in [3.63, 3.8) is 0 Å². The van der Waals surface area contributed by atoms with Gasteiger partial charge in [-0.05, 0) is 101 Å². The van der Waals surface area contributed by atoms with Gasteiger partial charge in [0.25, 0.3) is 0 Å². The van der Waals surface area contributed by atoms with Crippen LogP contribution in [0.25, 0.3) is 54.6 Å². The minimum atomic E-state index is -0.0194. The molecule has 0 unspecified atom stereocenters. The maximum absolute atomic E-state index is 11.9. The molecule has 1 heterocycles. The number of phenolic OH excluding ortho intramolecular Hbond substituents is 1. The molecular formula is C29H20O3. The topological polar surface area (TPSA) is 50.4 Å². The van der Waals surface area contributed by atoms with E-state index in [0.29, 0.717) is 0 Å². The average Bonchev–Trinajstić information content (AvgIpc) is 2.76. The Morgan fingerprint density at radius 2 is 1.22 bits per heavy atom. The summed E-state index contributed by atoms with van der Waals surface area (Å²) in [5, 5.41) is 15.8. The number of hydrogen-bond acceptors (Lipinski definition) is 3. The molecular weight excluding hydrogens is 396 g/mol. The van der Waals surface area contributed by atoms with Gasteiger partial charge < -0.3 is 9.52 Å². The van der Waals surface area contributed by atoms with Crippen LogP contribution in [0.3, 0.4) is 0 Å². The molecule has 32 heavy (non-hydrogen) atoms. The molecule has 0 saturated carbocycles. The molecule has 6 rings (SSSR count). The van der Waals surface area contributed by atoms with Gasteiger partial charge in [-0.25, -0.2) is 0 Å². The third-order valence-corrected chi connectivity index (χ3v) is 6.32. The maximum atomic E-state index is 11.9. The summed E-state index contributed by atoms with van der Waals surface area (Å²) in [5.41, 5.74) is 6.16. The lowest BCUT2D eigenvalue weighted by molar-refractivity contribution is 0.476. The molecule has 0 aliphatic carbocycles. The summed E-state index contributed by atoms with van der Waals surface area (Å²) < 4.78 is 6.40. The highest BCUT2D eigenvalue weighted by Gasteiger charge is 2.17. The lowest BCUT2D eigenvalue weighted by Gasteiger charge is -2.17. The van der Waals surface area contributed by atoms with Crippen LogP contribution in [0, 0.1) is 13.8 Å². The van der Waals surface area contributed by atoms with Crippen LogP contribution in [0.15, 0.2) is 88.1 Å². The minimum absolute atomic E-state index is 0.0194. The number of rotatable bonds is 1. The number of aromatic hydroxyl groups is 1. The fraction of sp³-hybridized carbons (Fsp3) is 0.0690. The summed E-state index contributed by atoms with van der Waals surface area (Å²) in [6.45, 7) is 4.27. The summed E-state index contributed by atoms with van der Waals surface area (Å²) in [5.74, 6) is 0.224. The quantitative estimate of drug-likeness (QED) is 0.287. The van der Waals surface area contributed by atoms with E-state index in [0.717, 1.165) is 49.0 Å². The van der Waals surface area contributed by atoms with Gasteiger partial charge in [0, 0.05) is 16.3 Å². The normalized spacial score (nSPS) is 11.7.